The summed E-state index contributed by atoms with van der Waals surface area (Å²) in [6, 6.07) is 16.3. The second kappa shape index (κ2) is 8.15. The number of fused-ring (bicyclic) bond motifs is 1. The zero-order chi connectivity index (χ0) is 19.5. The molecule has 5 heteroatoms. The lowest BCUT2D eigenvalue weighted by molar-refractivity contribution is -0.117. The van der Waals surface area contributed by atoms with Gasteiger partial charge in [0.2, 0.25) is 5.91 Å². The third kappa shape index (κ3) is 4.09. The molecule has 0 aliphatic carbocycles. The lowest BCUT2D eigenvalue weighted by Crippen LogP contribution is -2.40. The maximum atomic E-state index is 12.4. The number of hydrogen-bond acceptors (Lipinski definition) is 3. The Bertz CT molecular complexity index is 970. The maximum Gasteiger partial charge on any atom is 0.238 e. The van der Waals surface area contributed by atoms with E-state index in [1.807, 2.05) is 37.3 Å². The molecule has 0 saturated carbocycles. The molecular formula is C23H28N4O. The first-order chi connectivity index (χ1) is 13.6. The van der Waals surface area contributed by atoms with Gasteiger partial charge in [-0.15, -0.1) is 0 Å². The summed E-state index contributed by atoms with van der Waals surface area (Å²) in [5.74, 6) is 1.79. The molecule has 3 aromatic rings. The summed E-state index contributed by atoms with van der Waals surface area (Å²) in [7, 11) is 0. The third-order valence-electron chi connectivity index (χ3n) is 5.78. The summed E-state index contributed by atoms with van der Waals surface area (Å²) in [4.78, 5) is 19.3. The first kappa shape index (κ1) is 18.7. The van der Waals surface area contributed by atoms with Crippen LogP contribution in [0.25, 0.3) is 11.0 Å². The smallest absolute Gasteiger partial charge is 0.238 e. The number of benzene rings is 2. The summed E-state index contributed by atoms with van der Waals surface area (Å²) in [5.41, 5.74) is 4.30. The Hall–Kier alpha value is -2.66. The van der Waals surface area contributed by atoms with Crippen LogP contribution >= 0.6 is 0 Å². The van der Waals surface area contributed by atoms with Crippen LogP contribution in [0.15, 0.2) is 48.5 Å². The van der Waals surface area contributed by atoms with Crippen LogP contribution in [0, 0.1) is 19.8 Å². The van der Waals surface area contributed by atoms with Crippen molar-refractivity contribution in [2.75, 3.05) is 25.0 Å². The minimum atomic E-state index is 0.0733. The number of nitrogens with zero attached hydrogens (tertiary/aromatic N) is 3. The lowest BCUT2D eigenvalue weighted by atomic mass is 9.96. The standard InChI is InChI=1S/C23H28N4O/c1-17-7-3-4-8-20(17)25-23(28)16-26-13-11-19(12-14-26)15-27-18(2)24-21-9-5-6-10-22(21)27/h3-10,19H,11-16H2,1-2H3,(H,25,28). The van der Waals surface area contributed by atoms with E-state index in [1.54, 1.807) is 0 Å². The SMILES string of the molecule is Cc1ccccc1NC(=O)CN1CCC(Cn2c(C)nc3ccccc32)CC1. The number of aromatic nitrogens is 2. The Morgan fingerprint density at radius 1 is 1.07 bits per heavy atom. The van der Waals surface area contributed by atoms with E-state index >= 15 is 0 Å². The van der Waals surface area contributed by atoms with Crippen LogP contribution in [0.4, 0.5) is 5.69 Å². The molecule has 1 aliphatic heterocycles. The summed E-state index contributed by atoms with van der Waals surface area (Å²) < 4.78 is 2.35. The van der Waals surface area contributed by atoms with E-state index in [9.17, 15) is 4.79 Å². The largest absolute Gasteiger partial charge is 0.328 e. The molecule has 146 valence electrons. The van der Waals surface area contributed by atoms with E-state index in [-0.39, 0.29) is 5.91 Å². The van der Waals surface area contributed by atoms with Crippen molar-refractivity contribution < 1.29 is 4.79 Å². The number of imidazole rings is 1. The molecule has 2 aromatic carbocycles. The topological polar surface area (TPSA) is 50.2 Å². The van der Waals surface area contributed by atoms with Gasteiger partial charge < -0.3 is 9.88 Å². The highest BCUT2D eigenvalue weighted by Crippen LogP contribution is 2.23. The Morgan fingerprint density at radius 3 is 2.57 bits per heavy atom. The molecule has 1 fully saturated rings. The quantitative estimate of drug-likeness (QED) is 0.732. The molecule has 1 saturated heterocycles. The van der Waals surface area contributed by atoms with Crippen molar-refractivity contribution in [1.29, 1.82) is 0 Å². The van der Waals surface area contributed by atoms with Crippen LogP contribution in [0.3, 0.4) is 0 Å². The highest BCUT2D eigenvalue weighted by atomic mass is 16.2. The summed E-state index contributed by atoms with van der Waals surface area (Å²) in [6.07, 6.45) is 2.23. The number of nitrogens with one attached hydrogen (secondary N) is 1. The van der Waals surface area contributed by atoms with Gasteiger partial charge in [0.1, 0.15) is 5.82 Å². The normalized spacial score (nSPS) is 15.8. The summed E-state index contributed by atoms with van der Waals surface area (Å²) >= 11 is 0. The first-order valence-electron chi connectivity index (χ1n) is 10.1. The Kier molecular flexibility index (Phi) is 5.44. The predicted octanol–water partition coefficient (Wildman–Crippen LogP) is 4.00. The second-order valence-corrected chi connectivity index (χ2v) is 7.84. The highest BCUT2D eigenvalue weighted by molar-refractivity contribution is 5.92. The molecule has 1 N–H and O–H groups in total. The Labute approximate surface area is 166 Å². The molecule has 0 radical (unpaired) electrons. The number of amides is 1. The third-order valence-corrected chi connectivity index (χ3v) is 5.78. The van der Waals surface area contributed by atoms with E-state index in [2.05, 4.69) is 44.9 Å². The number of hydrogen-bond donors (Lipinski definition) is 1. The number of anilines is 1. The van der Waals surface area contributed by atoms with Gasteiger partial charge in [0.05, 0.1) is 17.6 Å². The minimum absolute atomic E-state index is 0.0733. The Morgan fingerprint density at radius 2 is 1.79 bits per heavy atom. The zero-order valence-corrected chi connectivity index (χ0v) is 16.7. The van der Waals surface area contributed by atoms with E-state index in [1.165, 1.54) is 5.52 Å². The van der Waals surface area contributed by atoms with Crippen molar-refractivity contribution in [3.05, 3.63) is 59.9 Å². The van der Waals surface area contributed by atoms with Crippen LogP contribution in [-0.2, 0) is 11.3 Å². The van der Waals surface area contributed by atoms with Crippen molar-refractivity contribution in [1.82, 2.24) is 14.5 Å². The Balaban J connectivity index is 1.30. The van der Waals surface area contributed by atoms with Gasteiger partial charge in [-0.25, -0.2) is 4.98 Å². The number of aryl methyl sites for hydroxylation is 2. The zero-order valence-electron chi connectivity index (χ0n) is 16.7. The highest BCUT2D eigenvalue weighted by Gasteiger charge is 2.22. The lowest BCUT2D eigenvalue weighted by Gasteiger charge is -2.32. The van der Waals surface area contributed by atoms with Gasteiger partial charge in [-0.1, -0.05) is 30.3 Å². The molecule has 0 unspecified atom stereocenters. The summed E-state index contributed by atoms with van der Waals surface area (Å²) in [5, 5.41) is 3.04. The van der Waals surface area contributed by atoms with Crippen molar-refractivity contribution in [2.45, 2.75) is 33.2 Å². The van der Waals surface area contributed by atoms with Crippen molar-refractivity contribution in [3.8, 4) is 0 Å². The fraction of sp³-hybridized carbons (Fsp3) is 0.391. The van der Waals surface area contributed by atoms with E-state index in [0.29, 0.717) is 12.5 Å². The van der Waals surface area contributed by atoms with Crippen molar-refractivity contribution in [3.63, 3.8) is 0 Å². The van der Waals surface area contributed by atoms with Crippen LogP contribution < -0.4 is 5.32 Å². The molecule has 2 heterocycles. The molecule has 0 atom stereocenters. The number of likely N-dealkylation sites (tertiary alicyclic amines) is 1. The molecule has 1 aromatic heterocycles. The van der Waals surface area contributed by atoms with Gasteiger partial charge in [-0.05, 0) is 69.5 Å². The molecule has 4 rings (SSSR count). The molecular weight excluding hydrogens is 348 g/mol. The van der Waals surface area contributed by atoms with Gasteiger partial charge >= 0.3 is 0 Å². The van der Waals surface area contributed by atoms with Crippen molar-refractivity contribution in [2.24, 2.45) is 5.92 Å². The molecule has 0 spiro atoms. The average Bonchev–Trinajstić information content (AvgIpc) is 3.00. The van der Waals surface area contributed by atoms with Gasteiger partial charge in [-0.2, -0.15) is 0 Å². The monoisotopic (exact) mass is 376 g/mol. The van der Waals surface area contributed by atoms with Crippen LogP contribution in [-0.4, -0.2) is 40.0 Å². The van der Waals surface area contributed by atoms with Crippen LogP contribution in [0.2, 0.25) is 0 Å². The van der Waals surface area contributed by atoms with E-state index < -0.39 is 0 Å². The van der Waals surface area contributed by atoms with Gasteiger partial charge in [0, 0.05) is 12.2 Å². The molecule has 1 amide bonds. The van der Waals surface area contributed by atoms with Gasteiger partial charge in [-0.3, -0.25) is 9.69 Å². The summed E-state index contributed by atoms with van der Waals surface area (Å²) in [6.45, 7) is 7.52. The predicted molar refractivity (Wildman–Crippen MR) is 113 cm³/mol. The molecule has 5 nitrogen and oxygen atoms in total. The van der Waals surface area contributed by atoms with Crippen LogP contribution in [0.1, 0.15) is 24.2 Å². The van der Waals surface area contributed by atoms with Crippen molar-refractivity contribution >= 4 is 22.6 Å². The number of rotatable bonds is 5. The first-order valence-corrected chi connectivity index (χ1v) is 10.1. The van der Waals surface area contributed by atoms with E-state index in [0.717, 1.165) is 55.1 Å². The van der Waals surface area contributed by atoms with Gasteiger partial charge in [0.25, 0.3) is 0 Å². The number of carbonyl (C=O) groups excluding carboxylic acids is 1. The number of carbonyl (C=O) groups is 1. The fourth-order valence-corrected chi connectivity index (χ4v) is 4.12. The fourth-order valence-electron chi connectivity index (χ4n) is 4.12. The molecule has 0 bridgehead atoms. The second-order valence-electron chi connectivity index (χ2n) is 7.84. The van der Waals surface area contributed by atoms with Crippen LogP contribution in [0.5, 0.6) is 0 Å². The minimum Gasteiger partial charge on any atom is -0.328 e. The number of para-hydroxylation sites is 3. The molecule has 1 aliphatic rings. The maximum absolute atomic E-state index is 12.4. The van der Waals surface area contributed by atoms with Gasteiger partial charge in [0.15, 0.2) is 0 Å². The molecule has 28 heavy (non-hydrogen) atoms. The average molecular weight is 377 g/mol. The van der Waals surface area contributed by atoms with E-state index in [4.69, 9.17) is 0 Å². The number of piperidine rings is 1.